The summed E-state index contributed by atoms with van der Waals surface area (Å²) in [7, 11) is 0. The third kappa shape index (κ3) is 1.53. The van der Waals surface area contributed by atoms with Crippen LogP contribution in [0.25, 0.3) is 0 Å². The first-order chi connectivity index (χ1) is 3.79. The van der Waals surface area contributed by atoms with Gasteiger partial charge in [0.1, 0.15) is 0 Å². The van der Waals surface area contributed by atoms with Crippen LogP contribution in [0.3, 0.4) is 0 Å². The number of thiol groups is 1. The molecule has 1 heterocycles. The first kappa shape index (κ1) is 6.17. The fourth-order valence-electron chi connectivity index (χ4n) is 0.863. The normalized spacial score (nSPS) is 30.6. The van der Waals surface area contributed by atoms with E-state index in [0.717, 1.165) is 19.4 Å². The lowest BCUT2D eigenvalue weighted by Crippen LogP contribution is -2.30. The van der Waals surface area contributed by atoms with E-state index in [4.69, 9.17) is 0 Å². The Balaban J connectivity index is 2.34. The summed E-state index contributed by atoms with van der Waals surface area (Å²) >= 11 is 4.25. The van der Waals surface area contributed by atoms with E-state index < -0.39 is 0 Å². The minimum Gasteiger partial charge on any atom is -0.305 e. The number of nitrogens with one attached hydrogen (secondary N) is 1. The Hall–Kier alpha value is 0.0500. The molecule has 1 unspecified atom stereocenters. The zero-order valence-electron chi connectivity index (χ0n) is 4.85. The van der Waals surface area contributed by atoms with E-state index in [-0.39, 0.29) is 0 Å². The smallest absolute Gasteiger partial charge is 0.0539 e. The lowest BCUT2D eigenvalue weighted by atomic mass is 10.1. The van der Waals surface area contributed by atoms with Gasteiger partial charge in [-0.1, -0.05) is 12.2 Å². The van der Waals surface area contributed by atoms with Gasteiger partial charge in [0, 0.05) is 0 Å². The van der Waals surface area contributed by atoms with Crippen molar-refractivity contribution in [3.05, 3.63) is 12.2 Å². The van der Waals surface area contributed by atoms with Crippen molar-refractivity contribution in [3.63, 3.8) is 0 Å². The zero-order valence-corrected chi connectivity index (χ0v) is 5.75. The number of piperidine rings is 1. The fourth-order valence-corrected chi connectivity index (χ4v) is 1.25. The fraction of sp³-hybridized carbons (Fsp3) is 0.667. The van der Waals surface area contributed by atoms with E-state index in [0.29, 0.717) is 5.37 Å². The predicted molar refractivity (Wildman–Crippen MR) is 39.2 cm³/mol. The van der Waals surface area contributed by atoms with Crippen molar-refractivity contribution >= 4 is 12.6 Å². The zero-order chi connectivity index (χ0) is 5.98. The SMILES string of the molecule is C=C1CCNC(S)C1. The number of hydrogen-bond donors (Lipinski definition) is 2. The van der Waals surface area contributed by atoms with Gasteiger partial charge in [0.05, 0.1) is 5.37 Å². The predicted octanol–water partition coefficient (Wildman–Crippen LogP) is 1.18. The van der Waals surface area contributed by atoms with Crippen molar-refractivity contribution in [2.45, 2.75) is 18.2 Å². The average molecular weight is 129 g/mol. The van der Waals surface area contributed by atoms with Gasteiger partial charge < -0.3 is 5.32 Å². The highest BCUT2D eigenvalue weighted by Gasteiger charge is 2.09. The molecule has 2 heteroatoms. The molecule has 1 atom stereocenters. The Labute approximate surface area is 55.6 Å². The summed E-state index contributed by atoms with van der Waals surface area (Å²) in [5.74, 6) is 0. The standard InChI is InChI=1S/C6H11NS/c1-5-2-3-7-6(8)4-5/h6-8H,1-4H2. The summed E-state index contributed by atoms with van der Waals surface area (Å²) < 4.78 is 0. The van der Waals surface area contributed by atoms with Crippen molar-refractivity contribution in [1.82, 2.24) is 5.32 Å². The molecule has 1 aliphatic heterocycles. The van der Waals surface area contributed by atoms with Crippen LogP contribution in [0.4, 0.5) is 0 Å². The van der Waals surface area contributed by atoms with Crippen molar-refractivity contribution in [1.29, 1.82) is 0 Å². The highest BCUT2D eigenvalue weighted by molar-refractivity contribution is 7.80. The van der Waals surface area contributed by atoms with E-state index in [1.165, 1.54) is 5.57 Å². The molecule has 0 radical (unpaired) electrons. The summed E-state index contributed by atoms with van der Waals surface area (Å²) in [4.78, 5) is 0. The van der Waals surface area contributed by atoms with E-state index >= 15 is 0 Å². The lowest BCUT2D eigenvalue weighted by Gasteiger charge is -2.20. The van der Waals surface area contributed by atoms with E-state index in [1.54, 1.807) is 0 Å². The molecule has 1 saturated heterocycles. The molecule has 1 aliphatic rings. The number of rotatable bonds is 0. The second kappa shape index (κ2) is 2.55. The Bertz CT molecular complexity index is 101. The summed E-state index contributed by atoms with van der Waals surface area (Å²) in [6.07, 6.45) is 2.15. The molecule has 1 N–H and O–H groups in total. The molecule has 0 spiro atoms. The van der Waals surface area contributed by atoms with Gasteiger partial charge in [-0.3, -0.25) is 0 Å². The van der Waals surface area contributed by atoms with Crippen LogP contribution >= 0.6 is 12.6 Å². The monoisotopic (exact) mass is 129 g/mol. The van der Waals surface area contributed by atoms with Crippen molar-refractivity contribution in [2.24, 2.45) is 0 Å². The van der Waals surface area contributed by atoms with Gasteiger partial charge in [-0.25, -0.2) is 0 Å². The van der Waals surface area contributed by atoms with Crippen molar-refractivity contribution in [2.75, 3.05) is 6.54 Å². The van der Waals surface area contributed by atoms with Crippen LogP contribution in [-0.4, -0.2) is 11.9 Å². The molecule has 0 saturated carbocycles. The summed E-state index contributed by atoms with van der Waals surface area (Å²) in [5.41, 5.74) is 1.32. The third-order valence-electron chi connectivity index (χ3n) is 1.34. The average Bonchev–Trinajstić information content (AvgIpc) is 1.64. The molecule has 1 fully saturated rings. The molecule has 8 heavy (non-hydrogen) atoms. The molecule has 46 valence electrons. The highest BCUT2D eigenvalue weighted by atomic mass is 32.1. The third-order valence-corrected chi connectivity index (χ3v) is 1.71. The Morgan fingerprint density at radius 1 is 1.75 bits per heavy atom. The van der Waals surface area contributed by atoms with Crippen LogP contribution in [0, 0.1) is 0 Å². The van der Waals surface area contributed by atoms with Crippen LogP contribution in [0.2, 0.25) is 0 Å². The molecule has 0 amide bonds. The quantitative estimate of drug-likeness (QED) is 0.370. The van der Waals surface area contributed by atoms with Gasteiger partial charge >= 0.3 is 0 Å². The van der Waals surface area contributed by atoms with E-state index in [2.05, 4.69) is 24.5 Å². The Morgan fingerprint density at radius 2 is 2.50 bits per heavy atom. The maximum absolute atomic E-state index is 4.25. The molecule has 0 aromatic carbocycles. The minimum atomic E-state index is 0.358. The Kier molecular flexibility index (Phi) is 1.97. The first-order valence-corrected chi connectivity index (χ1v) is 3.39. The minimum absolute atomic E-state index is 0.358. The molecule has 0 aromatic heterocycles. The molecule has 0 aromatic rings. The largest absolute Gasteiger partial charge is 0.305 e. The number of hydrogen-bond acceptors (Lipinski definition) is 2. The molecule has 0 aliphatic carbocycles. The molecule has 1 nitrogen and oxygen atoms in total. The summed E-state index contributed by atoms with van der Waals surface area (Å²) in [5, 5.41) is 3.57. The van der Waals surface area contributed by atoms with Gasteiger partial charge in [0.2, 0.25) is 0 Å². The highest BCUT2D eigenvalue weighted by Crippen LogP contribution is 2.13. The molecule has 1 rings (SSSR count). The molecular weight excluding hydrogens is 118 g/mol. The van der Waals surface area contributed by atoms with Crippen LogP contribution in [-0.2, 0) is 0 Å². The Morgan fingerprint density at radius 3 is 2.88 bits per heavy atom. The van der Waals surface area contributed by atoms with E-state index in [1.807, 2.05) is 0 Å². The van der Waals surface area contributed by atoms with Crippen molar-refractivity contribution in [3.8, 4) is 0 Å². The van der Waals surface area contributed by atoms with E-state index in [9.17, 15) is 0 Å². The molecule has 0 bridgehead atoms. The van der Waals surface area contributed by atoms with Crippen LogP contribution < -0.4 is 5.32 Å². The van der Waals surface area contributed by atoms with Crippen LogP contribution in [0.1, 0.15) is 12.8 Å². The first-order valence-electron chi connectivity index (χ1n) is 2.87. The van der Waals surface area contributed by atoms with Crippen molar-refractivity contribution < 1.29 is 0 Å². The van der Waals surface area contributed by atoms with Gasteiger partial charge in [-0.2, -0.15) is 12.6 Å². The van der Waals surface area contributed by atoms with Crippen LogP contribution in [0.5, 0.6) is 0 Å². The van der Waals surface area contributed by atoms with Gasteiger partial charge in [-0.15, -0.1) is 0 Å². The van der Waals surface area contributed by atoms with Crippen LogP contribution in [0.15, 0.2) is 12.2 Å². The maximum Gasteiger partial charge on any atom is 0.0539 e. The van der Waals surface area contributed by atoms with Gasteiger partial charge in [0.25, 0.3) is 0 Å². The second-order valence-electron chi connectivity index (χ2n) is 2.17. The second-order valence-corrected chi connectivity index (χ2v) is 2.80. The van der Waals surface area contributed by atoms with Gasteiger partial charge in [0.15, 0.2) is 0 Å². The maximum atomic E-state index is 4.25. The summed E-state index contributed by atoms with van der Waals surface area (Å²) in [6.45, 7) is 4.92. The lowest BCUT2D eigenvalue weighted by molar-refractivity contribution is 0.580. The molecular formula is C6H11NS. The topological polar surface area (TPSA) is 12.0 Å². The van der Waals surface area contributed by atoms with Gasteiger partial charge in [-0.05, 0) is 19.4 Å². The summed E-state index contributed by atoms with van der Waals surface area (Å²) in [6, 6.07) is 0.